The van der Waals surface area contributed by atoms with E-state index in [0.717, 1.165) is 25.8 Å². The first kappa shape index (κ1) is 11.9. The molecule has 1 amide bonds. The smallest absolute Gasteiger partial charge is 0.225 e. The molecule has 1 heterocycles. The topological polar surface area (TPSA) is 20.3 Å². The van der Waals surface area contributed by atoms with Crippen LogP contribution >= 0.6 is 0 Å². The van der Waals surface area contributed by atoms with Gasteiger partial charge in [-0.2, -0.15) is 0 Å². The van der Waals surface area contributed by atoms with Crippen molar-refractivity contribution in [3.63, 3.8) is 0 Å². The van der Waals surface area contributed by atoms with E-state index in [1.807, 2.05) is 0 Å². The highest BCUT2D eigenvalue weighted by Gasteiger charge is 2.30. The van der Waals surface area contributed by atoms with E-state index in [4.69, 9.17) is 0 Å². The Hall–Kier alpha value is -0.530. The lowest BCUT2D eigenvalue weighted by Gasteiger charge is -2.38. The van der Waals surface area contributed by atoms with Gasteiger partial charge in [0.1, 0.15) is 0 Å². The zero-order chi connectivity index (χ0) is 11.4. The Kier molecular flexibility index (Phi) is 4.25. The summed E-state index contributed by atoms with van der Waals surface area (Å²) in [6.45, 7) is 3.24. The van der Waals surface area contributed by atoms with Gasteiger partial charge in [0.2, 0.25) is 5.91 Å². The highest BCUT2D eigenvalue weighted by molar-refractivity contribution is 5.79. The van der Waals surface area contributed by atoms with Gasteiger partial charge in [-0.15, -0.1) is 0 Å². The third kappa shape index (κ3) is 2.58. The molecule has 0 radical (unpaired) electrons. The van der Waals surface area contributed by atoms with Crippen LogP contribution in [0.1, 0.15) is 64.7 Å². The van der Waals surface area contributed by atoms with Gasteiger partial charge in [0, 0.05) is 18.5 Å². The number of piperidine rings is 1. The van der Waals surface area contributed by atoms with Gasteiger partial charge in [0.05, 0.1) is 0 Å². The molecule has 0 aromatic rings. The van der Waals surface area contributed by atoms with Crippen LogP contribution in [0.15, 0.2) is 0 Å². The minimum atomic E-state index is 0.362. The number of carbonyl (C=O) groups is 1. The van der Waals surface area contributed by atoms with Crippen LogP contribution in [0.4, 0.5) is 0 Å². The Morgan fingerprint density at radius 1 is 1.06 bits per heavy atom. The van der Waals surface area contributed by atoms with Crippen LogP contribution in [0.25, 0.3) is 0 Å². The first-order valence-corrected chi connectivity index (χ1v) is 7.13. The van der Waals surface area contributed by atoms with Crippen LogP contribution in [0.3, 0.4) is 0 Å². The van der Waals surface area contributed by atoms with E-state index in [9.17, 15) is 4.79 Å². The van der Waals surface area contributed by atoms with Gasteiger partial charge in [-0.1, -0.05) is 26.2 Å². The van der Waals surface area contributed by atoms with E-state index in [2.05, 4.69) is 11.8 Å². The molecule has 0 spiro atoms. The van der Waals surface area contributed by atoms with Gasteiger partial charge in [-0.05, 0) is 38.5 Å². The molecule has 1 saturated carbocycles. The van der Waals surface area contributed by atoms with E-state index in [-0.39, 0.29) is 0 Å². The standard InChI is InChI=1S/C14H25NO/c1-2-13-10-6-7-11-15(13)14(16)12-8-4-3-5-9-12/h12-13H,2-11H2,1H3/t13-/m0/s1. The average Bonchev–Trinajstić information content (AvgIpc) is 2.39. The monoisotopic (exact) mass is 223 g/mol. The maximum atomic E-state index is 12.4. The van der Waals surface area contributed by atoms with Crippen LogP contribution in [-0.4, -0.2) is 23.4 Å². The van der Waals surface area contributed by atoms with Gasteiger partial charge >= 0.3 is 0 Å². The minimum Gasteiger partial charge on any atom is -0.339 e. The molecule has 2 fully saturated rings. The highest BCUT2D eigenvalue weighted by Crippen LogP contribution is 2.28. The Balaban J connectivity index is 1.95. The van der Waals surface area contributed by atoms with Crippen molar-refractivity contribution in [1.29, 1.82) is 0 Å². The van der Waals surface area contributed by atoms with Crippen molar-refractivity contribution in [3.05, 3.63) is 0 Å². The number of hydrogen-bond acceptors (Lipinski definition) is 1. The van der Waals surface area contributed by atoms with E-state index in [0.29, 0.717) is 17.9 Å². The van der Waals surface area contributed by atoms with Crippen molar-refractivity contribution >= 4 is 5.91 Å². The molecular formula is C14H25NO. The second-order valence-corrected chi connectivity index (χ2v) is 5.42. The number of hydrogen-bond donors (Lipinski definition) is 0. The molecule has 1 atom stereocenters. The number of rotatable bonds is 2. The van der Waals surface area contributed by atoms with Crippen molar-refractivity contribution in [2.45, 2.75) is 70.8 Å². The summed E-state index contributed by atoms with van der Waals surface area (Å²) in [6, 6.07) is 0.545. The molecule has 0 aromatic carbocycles. The predicted octanol–water partition coefficient (Wildman–Crippen LogP) is 3.36. The number of carbonyl (C=O) groups excluding carboxylic acids is 1. The molecule has 2 nitrogen and oxygen atoms in total. The third-order valence-corrected chi connectivity index (χ3v) is 4.34. The lowest BCUT2D eigenvalue weighted by molar-refractivity contribution is -0.140. The normalized spacial score (nSPS) is 28.1. The maximum Gasteiger partial charge on any atom is 0.225 e. The maximum absolute atomic E-state index is 12.4. The Morgan fingerprint density at radius 3 is 2.44 bits per heavy atom. The molecule has 1 aliphatic carbocycles. The lowest BCUT2D eigenvalue weighted by atomic mass is 9.87. The van der Waals surface area contributed by atoms with Crippen LogP contribution in [0, 0.1) is 5.92 Å². The van der Waals surface area contributed by atoms with Crippen LogP contribution in [0.2, 0.25) is 0 Å². The lowest BCUT2D eigenvalue weighted by Crippen LogP contribution is -2.46. The number of likely N-dealkylation sites (tertiary alicyclic amines) is 1. The van der Waals surface area contributed by atoms with Crippen molar-refractivity contribution < 1.29 is 4.79 Å². The van der Waals surface area contributed by atoms with E-state index in [1.165, 1.54) is 38.5 Å². The Bertz CT molecular complexity index is 233. The summed E-state index contributed by atoms with van der Waals surface area (Å²) in [5, 5.41) is 0. The van der Waals surface area contributed by atoms with Gasteiger partial charge in [-0.3, -0.25) is 4.79 Å². The Morgan fingerprint density at radius 2 is 1.75 bits per heavy atom. The summed E-state index contributed by atoms with van der Waals surface area (Å²) in [5.74, 6) is 0.840. The van der Waals surface area contributed by atoms with Crippen LogP contribution in [0.5, 0.6) is 0 Å². The largest absolute Gasteiger partial charge is 0.339 e. The predicted molar refractivity (Wildman–Crippen MR) is 66.2 cm³/mol. The van der Waals surface area contributed by atoms with Crippen molar-refractivity contribution in [3.8, 4) is 0 Å². The zero-order valence-electron chi connectivity index (χ0n) is 10.6. The summed E-state index contributed by atoms with van der Waals surface area (Å²) in [6.07, 6.45) is 11.1. The second kappa shape index (κ2) is 5.70. The van der Waals surface area contributed by atoms with Gasteiger partial charge < -0.3 is 4.90 Å². The number of amides is 1. The van der Waals surface area contributed by atoms with E-state index >= 15 is 0 Å². The first-order chi connectivity index (χ1) is 7.83. The summed E-state index contributed by atoms with van der Waals surface area (Å²) in [5.41, 5.74) is 0. The molecule has 92 valence electrons. The second-order valence-electron chi connectivity index (χ2n) is 5.42. The van der Waals surface area contributed by atoms with Crippen molar-refractivity contribution in [2.75, 3.05) is 6.54 Å². The molecule has 2 rings (SSSR count). The summed E-state index contributed by atoms with van der Waals surface area (Å²) in [7, 11) is 0. The molecule has 0 aromatic heterocycles. The fourth-order valence-corrected chi connectivity index (χ4v) is 3.30. The van der Waals surface area contributed by atoms with Crippen molar-refractivity contribution in [1.82, 2.24) is 4.90 Å². The SMILES string of the molecule is CC[C@H]1CCCCN1C(=O)C1CCCCC1. The molecule has 2 aliphatic rings. The summed E-state index contributed by atoms with van der Waals surface area (Å²) in [4.78, 5) is 14.7. The van der Waals surface area contributed by atoms with Gasteiger partial charge in [0.25, 0.3) is 0 Å². The molecule has 0 N–H and O–H groups in total. The third-order valence-electron chi connectivity index (χ3n) is 4.34. The number of nitrogens with zero attached hydrogens (tertiary/aromatic N) is 1. The van der Waals surface area contributed by atoms with E-state index < -0.39 is 0 Å². The average molecular weight is 223 g/mol. The molecule has 0 unspecified atom stereocenters. The molecule has 1 saturated heterocycles. The molecule has 1 aliphatic heterocycles. The quantitative estimate of drug-likeness (QED) is 0.703. The van der Waals surface area contributed by atoms with Crippen LogP contribution < -0.4 is 0 Å². The summed E-state index contributed by atoms with van der Waals surface area (Å²) < 4.78 is 0. The minimum absolute atomic E-state index is 0.362. The molecule has 16 heavy (non-hydrogen) atoms. The molecule has 2 heteroatoms. The van der Waals surface area contributed by atoms with Gasteiger partial charge in [-0.25, -0.2) is 0 Å². The van der Waals surface area contributed by atoms with Crippen molar-refractivity contribution in [2.24, 2.45) is 5.92 Å². The fraction of sp³-hybridized carbons (Fsp3) is 0.929. The van der Waals surface area contributed by atoms with E-state index in [1.54, 1.807) is 0 Å². The summed E-state index contributed by atoms with van der Waals surface area (Å²) >= 11 is 0. The molecular weight excluding hydrogens is 198 g/mol. The Labute approximate surface area is 99.4 Å². The fourth-order valence-electron chi connectivity index (χ4n) is 3.30. The van der Waals surface area contributed by atoms with Gasteiger partial charge in [0.15, 0.2) is 0 Å². The zero-order valence-corrected chi connectivity index (χ0v) is 10.6. The van der Waals surface area contributed by atoms with Crippen LogP contribution in [-0.2, 0) is 4.79 Å². The highest BCUT2D eigenvalue weighted by atomic mass is 16.2. The first-order valence-electron chi connectivity index (χ1n) is 7.13. The molecule has 0 bridgehead atoms.